The van der Waals surface area contributed by atoms with E-state index in [9.17, 15) is 14.4 Å². The van der Waals surface area contributed by atoms with E-state index in [1.54, 1.807) is 0 Å². The Balaban J connectivity index is 1.45. The minimum Gasteiger partial charge on any atom is -0.377 e. The average molecular weight is 333 g/mol. The standard InChI is InChI=1S/C17H23N3O4/c21-12(7-10-8-13(22)19-20-17(10)23)18-15-11-5-6-24-16(11)14(15)9-3-1-2-4-9/h8-9,11,14-16H,1-7H2,(H,18,21)(H,19,22)(H,20,23)/t11-,14+,15-,16-/m0/s1. The van der Waals surface area contributed by atoms with Crippen molar-refractivity contribution in [2.24, 2.45) is 17.8 Å². The zero-order valence-electron chi connectivity index (χ0n) is 13.5. The van der Waals surface area contributed by atoms with Crippen molar-refractivity contribution in [1.82, 2.24) is 15.5 Å². The highest BCUT2D eigenvalue weighted by Crippen LogP contribution is 2.51. The van der Waals surface area contributed by atoms with Crippen LogP contribution in [0.5, 0.6) is 0 Å². The van der Waals surface area contributed by atoms with Crippen LogP contribution in [0.25, 0.3) is 0 Å². The average Bonchev–Trinajstić information content (AvgIpc) is 3.20. The number of carbonyl (C=O) groups excluding carboxylic acids is 1. The zero-order valence-corrected chi connectivity index (χ0v) is 13.5. The monoisotopic (exact) mass is 333 g/mol. The molecule has 24 heavy (non-hydrogen) atoms. The first-order valence-electron chi connectivity index (χ1n) is 8.85. The van der Waals surface area contributed by atoms with Gasteiger partial charge in [-0.3, -0.25) is 24.6 Å². The van der Waals surface area contributed by atoms with E-state index in [1.165, 1.54) is 31.7 Å². The molecule has 3 aliphatic rings. The molecule has 1 aliphatic heterocycles. The molecule has 7 heteroatoms. The van der Waals surface area contributed by atoms with Gasteiger partial charge in [-0.15, -0.1) is 0 Å². The molecular formula is C17H23N3O4. The Morgan fingerprint density at radius 1 is 1.21 bits per heavy atom. The molecule has 1 saturated heterocycles. The second-order valence-corrected chi connectivity index (χ2v) is 7.29. The molecule has 2 saturated carbocycles. The van der Waals surface area contributed by atoms with Crippen LogP contribution >= 0.6 is 0 Å². The number of fused-ring (bicyclic) bond motifs is 1. The van der Waals surface area contributed by atoms with Crippen LogP contribution in [0.3, 0.4) is 0 Å². The topological polar surface area (TPSA) is 104 Å². The fraction of sp³-hybridized carbons (Fsp3) is 0.706. The summed E-state index contributed by atoms with van der Waals surface area (Å²) in [5.74, 6) is 1.25. The van der Waals surface area contributed by atoms with Gasteiger partial charge >= 0.3 is 0 Å². The Bertz CT molecular complexity index is 729. The predicted molar refractivity (Wildman–Crippen MR) is 86.6 cm³/mol. The van der Waals surface area contributed by atoms with Gasteiger partial charge in [0.15, 0.2) is 0 Å². The summed E-state index contributed by atoms with van der Waals surface area (Å²) in [6.45, 7) is 0.776. The molecule has 2 aliphatic carbocycles. The van der Waals surface area contributed by atoms with Crippen molar-refractivity contribution in [3.63, 3.8) is 0 Å². The second kappa shape index (κ2) is 6.20. The lowest BCUT2D eigenvalue weighted by Crippen LogP contribution is -2.63. The van der Waals surface area contributed by atoms with Crippen molar-refractivity contribution in [1.29, 1.82) is 0 Å². The number of nitrogens with one attached hydrogen (secondary N) is 3. The molecule has 4 atom stereocenters. The fourth-order valence-electron chi connectivity index (χ4n) is 4.86. The Morgan fingerprint density at radius 2 is 2.00 bits per heavy atom. The summed E-state index contributed by atoms with van der Waals surface area (Å²) in [7, 11) is 0. The van der Waals surface area contributed by atoms with Crippen LogP contribution in [-0.2, 0) is 16.0 Å². The van der Waals surface area contributed by atoms with E-state index < -0.39 is 11.1 Å². The third kappa shape index (κ3) is 2.70. The summed E-state index contributed by atoms with van der Waals surface area (Å²) in [5, 5.41) is 7.59. The van der Waals surface area contributed by atoms with Crippen LogP contribution in [0, 0.1) is 17.8 Å². The van der Waals surface area contributed by atoms with E-state index in [2.05, 4.69) is 15.5 Å². The lowest BCUT2D eigenvalue weighted by Gasteiger charge is -2.50. The lowest BCUT2D eigenvalue weighted by molar-refractivity contribution is -0.129. The van der Waals surface area contributed by atoms with E-state index in [1.807, 2.05) is 0 Å². The fourth-order valence-corrected chi connectivity index (χ4v) is 4.86. The summed E-state index contributed by atoms with van der Waals surface area (Å²) in [6, 6.07) is 1.34. The highest BCUT2D eigenvalue weighted by molar-refractivity contribution is 5.79. The number of amides is 1. The van der Waals surface area contributed by atoms with Crippen molar-refractivity contribution >= 4 is 5.91 Å². The van der Waals surface area contributed by atoms with Crippen LogP contribution in [0.4, 0.5) is 0 Å². The van der Waals surface area contributed by atoms with Crippen molar-refractivity contribution in [2.75, 3.05) is 6.61 Å². The molecule has 1 aromatic heterocycles. The molecule has 0 unspecified atom stereocenters. The molecule has 0 spiro atoms. The summed E-state index contributed by atoms with van der Waals surface area (Å²) < 4.78 is 5.89. The van der Waals surface area contributed by atoms with E-state index in [-0.39, 0.29) is 23.9 Å². The van der Waals surface area contributed by atoms with E-state index in [4.69, 9.17) is 4.74 Å². The highest BCUT2D eigenvalue weighted by atomic mass is 16.5. The molecule has 3 fully saturated rings. The SMILES string of the molecule is O=C(Cc1cc(=O)[nH][nH]c1=O)N[C@H]1[C@@H]2CCO[C@@H]2[C@@H]1C1CCCC1. The van der Waals surface area contributed by atoms with Gasteiger partial charge in [0, 0.05) is 36.1 Å². The van der Waals surface area contributed by atoms with Crippen LogP contribution in [0.2, 0.25) is 0 Å². The van der Waals surface area contributed by atoms with Crippen molar-refractivity contribution in [2.45, 2.75) is 50.7 Å². The third-order valence-electron chi connectivity index (χ3n) is 5.96. The maximum absolute atomic E-state index is 12.4. The maximum atomic E-state index is 12.4. The molecule has 0 bridgehead atoms. The molecule has 1 amide bonds. The Morgan fingerprint density at radius 3 is 2.79 bits per heavy atom. The van der Waals surface area contributed by atoms with Crippen LogP contribution < -0.4 is 16.4 Å². The first kappa shape index (κ1) is 15.6. The van der Waals surface area contributed by atoms with Gasteiger partial charge in [-0.2, -0.15) is 0 Å². The summed E-state index contributed by atoms with van der Waals surface area (Å²) in [6.07, 6.45) is 6.19. The quantitative estimate of drug-likeness (QED) is 0.738. The summed E-state index contributed by atoms with van der Waals surface area (Å²) in [5.41, 5.74) is -0.630. The summed E-state index contributed by atoms with van der Waals surface area (Å²) in [4.78, 5) is 35.4. The minimum atomic E-state index is -0.423. The molecule has 2 heterocycles. The van der Waals surface area contributed by atoms with E-state index >= 15 is 0 Å². The van der Waals surface area contributed by atoms with Crippen molar-refractivity contribution in [3.8, 4) is 0 Å². The molecular weight excluding hydrogens is 310 g/mol. The number of hydrogen-bond donors (Lipinski definition) is 3. The first-order valence-corrected chi connectivity index (χ1v) is 8.85. The van der Waals surface area contributed by atoms with Crippen LogP contribution in [-0.4, -0.2) is 34.9 Å². The number of H-pyrrole nitrogens is 2. The van der Waals surface area contributed by atoms with Crippen LogP contribution in [0.15, 0.2) is 15.7 Å². The number of aromatic nitrogens is 2. The van der Waals surface area contributed by atoms with Crippen LogP contribution in [0.1, 0.15) is 37.7 Å². The van der Waals surface area contributed by atoms with E-state index in [0.29, 0.717) is 23.9 Å². The zero-order chi connectivity index (χ0) is 16.7. The molecule has 0 radical (unpaired) electrons. The van der Waals surface area contributed by atoms with Crippen molar-refractivity contribution < 1.29 is 9.53 Å². The normalized spacial score (nSPS) is 32.3. The number of ether oxygens (including phenoxy) is 1. The van der Waals surface area contributed by atoms with Gasteiger partial charge in [-0.05, 0) is 12.3 Å². The predicted octanol–water partition coefficient (Wildman–Crippen LogP) is 0.316. The Hall–Kier alpha value is -1.89. The second-order valence-electron chi connectivity index (χ2n) is 7.29. The maximum Gasteiger partial charge on any atom is 0.266 e. The van der Waals surface area contributed by atoms with Gasteiger partial charge in [0.25, 0.3) is 11.1 Å². The molecule has 7 nitrogen and oxygen atoms in total. The molecule has 1 aromatic rings. The van der Waals surface area contributed by atoms with Gasteiger partial charge in [-0.1, -0.05) is 25.7 Å². The van der Waals surface area contributed by atoms with Crippen molar-refractivity contribution in [3.05, 3.63) is 32.3 Å². The summed E-state index contributed by atoms with van der Waals surface area (Å²) >= 11 is 0. The van der Waals surface area contributed by atoms with Gasteiger partial charge in [0.2, 0.25) is 5.91 Å². The number of hydrogen-bond acceptors (Lipinski definition) is 4. The first-order chi connectivity index (χ1) is 11.6. The minimum absolute atomic E-state index is 0.0641. The smallest absolute Gasteiger partial charge is 0.266 e. The number of rotatable bonds is 4. The Kier molecular flexibility index (Phi) is 4.04. The van der Waals surface area contributed by atoms with E-state index in [0.717, 1.165) is 13.0 Å². The highest BCUT2D eigenvalue weighted by Gasteiger charge is 2.56. The molecule has 3 N–H and O–H groups in total. The molecule has 130 valence electrons. The largest absolute Gasteiger partial charge is 0.377 e. The number of carbonyl (C=O) groups is 1. The Labute approximate surface area is 139 Å². The van der Waals surface area contributed by atoms with Gasteiger partial charge in [0.1, 0.15) is 0 Å². The molecule has 4 rings (SSSR count). The lowest BCUT2D eigenvalue weighted by atomic mass is 9.61. The van der Waals surface area contributed by atoms with Gasteiger partial charge < -0.3 is 10.1 Å². The third-order valence-corrected chi connectivity index (χ3v) is 5.96. The van der Waals surface area contributed by atoms with Gasteiger partial charge in [0.05, 0.1) is 12.5 Å². The van der Waals surface area contributed by atoms with Gasteiger partial charge in [-0.25, -0.2) is 0 Å². The number of aromatic amines is 2. The molecule has 0 aromatic carbocycles.